The zero-order valence-corrected chi connectivity index (χ0v) is 18.1. The van der Waals surface area contributed by atoms with Gasteiger partial charge in [0.15, 0.2) is 0 Å². The fourth-order valence-corrected chi connectivity index (χ4v) is 2.98. The molecule has 1 atom stereocenters. The van der Waals surface area contributed by atoms with Gasteiger partial charge in [0.1, 0.15) is 12.0 Å². The molecule has 0 N–H and O–H groups in total. The molecule has 1 aromatic heterocycles. The Kier molecular flexibility index (Phi) is 11.5. The SMILES string of the molecule is CC.CC.CCCCOc1ccc(-c2nc(CN3CCCC3C)co2)cc1. The van der Waals surface area contributed by atoms with Crippen LogP contribution in [0.5, 0.6) is 5.75 Å². The molecule has 1 aromatic carbocycles. The summed E-state index contributed by atoms with van der Waals surface area (Å²) in [5.74, 6) is 1.59. The van der Waals surface area contributed by atoms with Gasteiger partial charge >= 0.3 is 0 Å². The molecule has 0 saturated carbocycles. The van der Waals surface area contributed by atoms with E-state index in [-0.39, 0.29) is 0 Å². The van der Waals surface area contributed by atoms with Crippen LogP contribution in [0.4, 0.5) is 0 Å². The smallest absolute Gasteiger partial charge is 0.226 e. The van der Waals surface area contributed by atoms with E-state index in [1.165, 1.54) is 12.8 Å². The topological polar surface area (TPSA) is 38.5 Å². The molecule has 0 radical (unpaired) electrons. The average molecular weight is 375 g/mol. The highest BCUT2D eigenvalue weighted by Gasteiger charge is 2.21. The van der Waals surface area contributed by atoms with Gasteiger partial charge < -0.3 is 9.15 Å². The van der Waals surface area contributed by atoms with Crippen molar-refractivity contribution in [3.63, 3.8) is 0 Å². The van der Waals surface area contributed by atoms with Crippen LogP contribution in [-0.2, 0) is 6.54 Å². The summed E-state index contributed by atoms with van der Waals surface area (Å²) in [4.78, 5) is 7.10. The molecule has 1 unspecified atom stereocenters. The van der Waals surface area contributed by atoms with Crippen LogP contribution in [0.1, 0.15) is 72.9 Å². The molecule has 0 bridgehead atoms. The van der Waals surface area contributed by atoms with E-state index in [0.29, 0.717) is 11.9 Å². The van der Waals surface area contributed by atoms with Crippen LogP contribution in [0.2, 0.25) is 0 Å². The molecule has 2 heterocycles. The van der Waals surface area contributed by atoms with E-state index in [4.69, 9.17) is 9.15 Å². The number of nitrogens with zero attached hydrogens (tertiary/aromatic N) is 2. The number of hydrogen-bond donors (Lipinski definition) is 0. The van der Waals surface area contributed by atoms with E-state index in [0.717, 1.165) is 49.5 Å². The highest BCUT2D eigenvalue weighted by Crippen LogP contribution is 2.24. The molecule has 0 aliphatic carbocycles. The quantitative estimate of drug-likeness (QED) is 0.515. The number of unbranched alkanes of at least 4 members (excludes halogenated alkanes) is 1. The van der Waals surface area contributed by atoms with Crippen LogP contribution in [0, 0.1) is 0 Å². The van der Waals surface area contributed by atoms with Gasteiger partial charge in [-0.15, -0.1) is 0 Å². The number of likely N-dealkylation sites (tertiary alicyclic amines) is 1. The number of aromatic nitrogens is 1. The molecule has 1 aliphatic rings. The Hall–Kier alpha value is -1.81. The Balaban J connectivity index is 0.000000855. The van der Waals surface area contributed by atoms with E-state index in [1.54, 1.807) is 6.26 Å². The van der Waals surface area contributed by atoms with Crippen LogP contribution in [0.25, 0.3) is 11.5 Å². The molecule has 1 fully saturated rings. The minimum Gasteiger partial charge on any atom is -0.494 e. The van der Waals surface area contributed by atoms with Gasteiger partial charge in [0, 0.05) is 18.2 Å². The number of hydrogen-bond acceptors (Lipinski definition) is 4. The standard InChI is InChI=1S/C19H26N2O2.2C2H6/c1-3-4-12-22-18-9-7-16(8-10-18)19-20-17(14-23-19)13-21-11-5-6-15(21)2;2*1-2/h7-10,14-15H,3-6,11-13H2,1-2H3;2*1-2H3. The zero-order valence-electron chi connectivity index (χ0n) is 18.1. The lowest BCUT2D eigenvalue weighted by Gasteiger charge is -2.18. The molecule has 1 aliphatic heterocycles. The third kappa shape index (κ3) is 7.37. The summed E-state index contributed by atoms with van der Waals surface area (Å²) in [7, 11) is 0. The van der Waals surface area contributed by atoms with Crippen molar-refractivity contribution < 1.29 is 9.15 Å². The van der Waals surface area contributed by atoms with Crippen LogP contribution >= 0.6 is 0 Å². The van der Waals surface area contributed by atoms with E-state index >= 15 is 0 Å². The second-order valence-electron chi connectivity index (χ2n) is 6.33. The summed E-state index contributed by atoms with van der Waals surface area (Å²) >= 11 is 0. The molecule has 0 spiro atoms. The third-order valence-electron chi connectivity index (χ3n) is 4.48. The summed E-state index contributed by atoms with van der Waals surface area (Å²) in [5, 5.41) is 0. The van der Waals surface area contributed by atoms with Gasteiger partial charge in [0.25, 0.3) is 0 Å². The summed E-state index contributed by atoms with van der Waals surface area (Å²) in [6, 6.07) is 8.63. The van der Waals surface area contributed by atoms with E-state index in [2.05, 4.69) is 23.7 Å². The molecule has 27 heavy (non-hydrogen) atoms. The Morgan fingerprint density at radius 1 is 1.15 bits per heavy atom. The Morgan fingerprint density at radius 3 is 2.44 bits per heavy atom. The first-order valence-corrected chi connectivity index (χ1v) is 10.7. The van der Waals surface area contributed by atoms with Crippen LogP contribution in [0.3, 0.4) is 0 Å². The second-order valence-corrected chi connectivity index (χ2v) is 6.33. The molecular formula is C23H38N2O2. The van der Waals surface area contributed by atoms with Crippen molar-refractivity contribution in [1.82, 2.24) is 9.88 Å². The van der Waals surface area contributed by atoms with Crippen molar-refractivity contribution in [2.45, 2.75) is 79.8 Å². The molecule has 4 heteroatoms. The Morgan fingerprint density at radius 2 is 1.85 bits per heavy atom. The average Bonchev–Trinajstić information content (AvgIpc) is 3.36. The summed E-state index contributed by atoms with van der Waals surface area (Å²) in [5.41, 5.74) is 2.01. The van der Waals surface area contributed by atoms with Gasteiger partial charge in [-0.2, -0.15) is 0 Å². The number of oxazole rings is 1. The third-order valence-corrected chi connectivity index (χ3v) is 4.48. The number of rotatable bonds is 7. The lowest BCUT2D eigenvalue weighted by Crippen LogP contribution is -2.26. The lowest BCUT2D eigenvalue weighted by molar-refractivity contribution is 0.257. The van der Waals surface area contributed by atoms with Gasteiger partial charge in [-0.05, 0) is 57.0 Å². The minimum absolute atomic E-state index is 0.648. The monoisotopic (exact) mass is 374 g/mol. The Labute approximate surface area is 165 Å². The predicted octanol–water partition coefficient (Wildman–Crippen LogP) is 6.56. The normalized spacial score (nSPS) is 16.1. The maximum atomic E-state index is 5.69. The van der Waals surface area contributed by atoms with Gasteiger partial charge in [-0.25, -0.2) is 4.98 Å². The highest BCUT2D eigenvalue weighted by atomic mass is 16.5. The maximum absolute atomic E-state index is 5.69. The lowest BCUT2D eigenvalue weighted by atomic mass is 10.2. The van der Waals surface area contributed by atoms with Crippen molar-refractivity contribution in [3.05, 3.63) is 36.2 Å². The van der Waals surface area contributed by atoms with Crippen molar-refractivity contribution in [2.75, 3.05) is 13.2 Å². The molecule has 2 aromatic rings. The van der Waals surface area contributed by atoms with Gasteiger partial charge in [-0.1, -0.05) is 41.0 Å². The van der Waals surface area contributed by atoms with Crippen LogP contribution in [-0.4, -0.2) is 29.1 Å². The molecular weight excluding hydrogens is 336 g/mol. The van der Waals surface area contributed by atoms with Crippen molar-refractivity contribution in [2.24, 2.45) is 0 Å². The highest BCUT2D eigenvalue weighted by molar-refractivity contribution is 5.54. The first kappa shape index (κ1) is 23.2. The Bertz CT molecular complexity index is 607. The summed E-state index contributed by atoms with van der Waals surface area (Å²) in [6.07, 6.45) is 6.58. The predicted molar refractivity (Wildman–Crippen MR) is 114 cm³/mol. The van der Waals surface area contributed by atoms with Crippen molar-refractivity contribution in [3.8, 4) is 17.2 Å². The molecule has 4 nitrogen and oxygen atoms in total. The van der Waals surface area contributed by atoms with Gasteiger partial charge in [0.05, 0.1) is 12.3 Å². The molecule has 1 saturated heterocycles. The maximum Gasteiger partial charge on any atom is 0.226 e. The zero-order chi connectivity index (χ0) is 20.1. The minimum atomic E-state index is 0.648. The van der Waals surface area contributed by atoms with Crippen molar-refractivity contribution >= 4 is 0 Å². The van der Waals surface area contributed by atoms with E-state index in [1.807, 2.05) is 52.0 Å². The number of ether oxygens (including phenoxy) is 1. The first-order chi connectivity index (χ1) is 13.3. The second kappa shape index (κ2) is 13.4. The summed E-state index contributed by atoms with van der Waals surface area (Å²) in [6.45, 7) is 15.3. The molecule has 3 rings (SSSR count). The molecule has 152 valence electrons. The summed E-state index contributed by atoms with van der Waals surface area (Å²) < 4.78 is 11.3. The van der Waals surface area contributed by atoms with Crippen LogP contribution in [0.15, 0.2) is 34.9 Å². The first-order valence-electron chi connectivity index (χ1n) is 10.7. The van der Waals surface area contributed by atoms with Crippen LogP contribution < -0.4 is 4.74 Å². The van der Waals surface area contributed by atoms with E-state index in [9.17, 15) is 0 Å². The van der Waals surface area contributed by atoms with Gasteiger partial charge in [0.2, 0.25) is 5.89 Å². The molecule has 0 amide bonds. The fourth-order valence-electron chi connectivity index (χ4n) is 2.98. The largest absolute Gasteiger partial charge is 0.494 e. The number of benzene rings is 1. The van der Waals surface area contributed by atoms with E-state index < -0.39 is 0 Å². The fraction of sp³-hybridized carbons (Fsp3) is 0.609. The van der Waals surface area contributed by atoms with Gasteiger partial charge in [-0.3, -0.25) is 4.90 Å². The van der Waals surface area contributed by atoms with Crippen molar-refractivity contribution in [1.29, 1.82) is 0 Å².